The molecule has 2 aliphatic heterocycles. The van der Waals surface area contributed by atoms with E-state index in [1.165, 1.54) is 0 Å². The van der Waals surface area contributed by atoms with E-state index in [-0.39, 0.29) is 0 Å². The molecule has 2 rings (SSSR count). The van der Waals surface area contributed by atoms with Crippen LogP contribution < -0.4 is 4.72 Å². The maximum atomic E-state index is 11.8. The predicted octanol–water partition coefficient (Wildman–Crippen LogP) is -1.59. The summed E-state index contributed by atoms with van der Waals surface area (Å²) in [7, 11) is 0.940. The van der Waals surface area contributed by atoms with Crippen molar-refractivity contribution in [2.24, 2.45) is 0 Å². The Morgan fingerprint density at radius 1 is 0.838 bits per heavy atom. The molecule has 0 radical (unpaired) electrons. The number of aliphatic carboxylic acids is 1. The minimum Gasteiger partial charge on any atom is -0.479 e. The highest BCUT2D eigenvalue weighted by atomic mass is 32.3. The third-order valence-electron chi connectivity index (χ3n) is 4.92. The van der Waals surface area contributed by atoms with E-state index in [1.54, 1.807) is 4.72 Å². The Bertz CT molecular complexity index is 759. The van der Waals surface area contributed by atoms with Gasteiger partial charge in [-0.15, -0.1) is 0 Å². The Hall–Kier alpha value is -0.240. The summed E-state index contributed by atoms with van der Waals surface area (Å²) in [5, 5.41) is 40.2. The van der Waals surface area contributed by atoms with Crippen molar-refractivity contribution in [1.29, 1.82) is 0 Å². The molecule has 0 aliphatic carbocycles. The molecule has 24 heteroatoms. The van der Waals surface area contributed by atoms with Crippen molar-refractivity contribution in [3.63, 3.8) is 0 Å². The van der Waals surface area contributed by atoms with E-state index in [1.807, 2.05) is 0 Å². The molecule has 2 aliphatic rings. The highest BCUT2D eigenvalue weighted by Gasteiger charge is 2.56. The molecule has 224 valence electrons. The van der Waals surface area contributed by atoms with Gasteiger partial charge in [0.1, 0.15) is 36.6 Å². The van der Waals surface area contributed by atoms with E-state index in [2.05, 4.69) is 8.37 Å². The summed E-state index contributed by atoms with van der Waals surface area (Å²) in [6.45, 7) is -1.05. The van der Waals surface area contributed by atoms with Crippen LogP contribution in [-0.4, -0.2) is 142 Å². The van der Waals surface area contributed by atoms with Gasteiger partial charge in [-0.25, -0.2) is 9.52 Å². The van der Waals surface area contributed by atoms with E-state index in [0.29, 0.717) is 0 Å². The van der Waals surface area contributed by atoms with Gasteiger partial charge in [0.15, 0.2) is 35.8 Å². The Morgan fingerprint density at radius 3 is 1.81 bits per heavy atom. The summed E-state index contributed by atoms with van der Waals surface area (Å²) in [5.41, 5.74) is 0. The van der Waals surface area contributed by atoms with Gasteiger partial charge in [0, 0.05) is 7.11 Å². The molecule has 10 atom stereocenters. The van der Waals surface area contributed by atoms with Crippen LogP contribution in [0.2, 0.25) is 0 Å². The van der Waals surface area contributed by atoms with Gasteiger partial charge in [-0.1, -0.05) is 0 Å². The summed E-state index contributed by atoms with van der Waals surface area (Å²) in [6.07, 6.45) is -18.8. The molecule has 0 spiro atoms. The Kier molecular flexibility index (Phi) is 11.2. The normalized spacial score (nSPS) is 39.3. The summed E-state index contributed by atoms with van der Waals surface area (Å²) < 4.78 is 115. The van der Waals surface area contributed by atoms with E-state index in [4.69, 9.17) is 18.9 Å². The first kappa shape index (κ1) is 33.0. The van der Waals surface area contributed by atoms with E-state index >= 15 is 0 Å². The maximum Gasteiger partial charge on any atom is 0.335 e. The molecule has 0 unspecified atom stereocenters. The number of hydrogen-bond donors (Lipinski definition) is 14. The van der Waals surface area contributed by atoms with Crippen molar-refractivity contribution in [3.8, 4) is 0 Å². The lowest BCUT2D eigenvalue weighted by molar-refractivity contribution is -0.334. The molecule has 0 bridgehead atoms. The van der Waals surface area contributed by atoms with Crippen molar-refractivity contribution in [2.45, 2.75) is 61.3 Å². The average molecular weight is 616 g/mol. The summed E-state index contributed by atoms with van der Waals surface area (Å²) >= 11 is -14.5. The lowest BCUT2D eigenvalue weighted by atomic mass is 9.96. The zero-order valence-corrected chi connectivity index (χ0v) is 20.8. The lowest BCUT2D eigenvalue weighted by Crippen LogP contribution is -2.68. The zero-order chi connectivity index (χ0) is 28.5. The maximum absolute atomic E-state index is 11.8. The number of carboxylic acids is 1. The first-order valence-corrected chi connectivity index (χ1v) is 14.0. The summed E-state index contributed by atoms with van der Waals surface area (Å²) in [5.74, 6) is -1.82. The van der Waals surface area contributed by atoms with Crippen molar-refractivity contribution in [3.05, 3.63) is 0 Å². The molecule has 37 heavy (non-hydrogen) atoms. The fraction of sp³-hybridized carbons (Fsp3) is 0.923. The van der Waals surface area contributed by atoms with Crippen LogP contribution in [0.3, 0.4) is 0 Å². The highest BCUT2D eigenvalue weighted by Crippen LogP contribution is 2.44. The van der Waals surface area contributed by atoms with Gasteiger partial charge in [-0.05, 0) is 0 Å². The number of aliphatic hydroxyl groups is 3. The van der Waals surface area contributed by atoms with E-state index in [9.17, 15) is 66.2 Å². The van der Waals surface area contributed by atoms with E-state index < -0.39 is 107 Å². The lowest BCUT2D eigenvalue weighted by Gasteiger charge is -2.49. The number of methoxy groups -OCH3 is 1. The van der Waals surface area contributed by atoms with Crippen LogP contribution in [-0.2, 0) is 32.1 Å². The largest absolute Gasteiger partial charge is 0.479 e. The summed E-state index contributed by atoms with van der Waals surface area (Å²) in [4.78, 5) is 11.8. The number of aliphatic hydroxyl groups excluding tert-OH is 3. The number of hydrogen-bond acceptors (Lipinski definition) is 20. The first-order valence-electron chi connectivity index (χ1n) is 9.62. The number of nitrogens with one attached hydrogen (secondary N) is 1. The van der Waals surface area contributed by atoms with Crippen LogP contribution in [0, 0.1) is 0 Å². The molecule has 2 heterocycles. The van der Waals surface area contributed by atoms with Gasteiger partial charge in [0.25, 0.3) is 0 Å². The van der Waals surface area contributed by atoms with Gasteiger partial charge in [-0.3, -0.25) is 49.3 Å². The second-order valence-corrected chi connectivity index (χ2v) is 11.1. The van der Waals surface area contributed by atoms with Gasteiger partial charge in [0.05, 0.1) is 6.61 Å². The van der Waals surface area contributed by atoms with Crippen LogP contribution in [0.1, 0.15) is 0 Å². The van der Waals surface area contributed by atoms with Crippen LogP contribution in [0.15, 0.2) is 0 Å². The standard InChI is InChI=1S/C13H29NO20S3/c1-29-13-9(34-37(26,27)28)6(17)8(10(32-13)11(18)19)31-12-4(14-35(20,21)22)7(33-36(23,24)25)5(16)3(2-15)30-12/h3-10,12-17,20-28H,2H2,1H3,(H,18,19)/t3-,4-,5-,6+,7-,8+,9-,10-,12-,13-/m1/s1. The number of rotatable bonds is 11. The van der Waals surface area contributed by atoms with Crippen molar-refractivity contribution >= 4 is 39.3 Å². The fourth-order valence-corrected chi connectivity index (χ4v) is 5.17. The highest BCUT2D eigenvalue weighted by molar-refractivity contribution is 8.17. The fourth-order valence-electron chi connectivity index (χ4n) is 3.53. The van der Waals surface area contributed by atoms with Crippen LogP contribution in [0.5, 0.6) is 0 Å². The predicted molar refractivity (Wildman–Crippen MR) is 119 cm³/mol. The van der Waals surface area contributed by atoms with Crippen molar-refractivity contribution in [1.82, 2.24) is 4.72 Å². The van der Waals surface area contributed by atoms with E-state index in [0.717, 1.165) is 7.11 Å². The zero-order valence-electron chi connectivity index (χ0n) is 18.4. The van der Waals surface area contributed by atoms with Gasteiger partial charge >= 0.3 is 5.97 Å². The molecule has 0 aromatic carbocycles. The molecular weight excluding hydrogens is 586 g/mol. The molecule has 14 N–H and O–H groups in total. The Morgan fingerprint density at radius 2 is 1.38 bits per heavy atom. The molecule has 0 amide bonds. The molecular formula is C13H29NO20S3. The third kappa shape index (κ3) is 9.14. The molecule has 21 nitrogen and oxygen atoms in total. The second kappa shape index (κ2) is 12.5. The second-order valence-electron chi connectivity index (χ2n) is 7.53. The summed E-state index contributed by atoms with van der Waals surface area (Å²) in [6, 6.07) is -2.13. The number of carbonyl (C=O) groups is 1. The topological polar surface area (TPSA) is 347 Å². The molecule has 0 aromatic heterocycles. The third-order valence-corrected chi connectivity index (χ3v) is 6.46. The molecule has 0 aromatic rings. The number of ether oxygens (including phenoxy) is 4. The smallest absolute Gasteiger partial charge is 0.335 e. The molecule has 2 saturated heterocycles. The van der Waals surface area contributed by atoms with Crippen molar-refractivity contribution < 1.29 is 93.5 Å². The minimum absolute atomic E-state index is 0.940. The first-order chi connectivity index (χ1) is 16.8. The minimum atomic E-state index is -4.92. The van der Waals surface area contributed by atoms with Gasteiger partial charge < -0.3 is 39.4 Å². The molecule has 2 fully saturated rings. The van der Waals surface area contributed by atoms with Crippen molar-refractivity contribution in [2.75, 3.05) is 13.7 Å². The van der Waals surface area contributed by atoms with Crippen LogP contribution in [0.4, 0.5) is 0 Å². The molecule has 0 saturated carbocycles. The Labute approximate surface area is 212 Å². The monoisotopic (exact) mass is 615 g/mol. The van der Waals surface area contributed by atoms with Gasteiger partial charge in [0.2, 0.25) is 22.3 Å². The number of carboxylic acid groups (broad SMARTS) is 1. The SMILES string of the molecule is CO[C@@H]1O[C@@H](C(=O)O)[C@@H](O[C@H]2O[C@H](CO)[C@@H](O)[C@H](OS(O)(O)O)[C@H]2NS(O)(O)O)[C@H](O)[C@H]1OS(O)(O)O. The Balaban J connectivity index is 2.49. The van der Waals surface area contributed by atoms with Gasteiger partial charge in [-0.2, -0.15) is 0 Å². The van der Waals surface area contributed by atoms with Crippen LogP contribution >= 0.6 is 33.4 Å². The average Bonchev–Trinajstić information content (AvgIpc) is 2.72. The van der Waals surface area contributed by atoms with Crippen LogP contribution in [0.25, 0.3) is 0 Å². The quantitative estimate of drug-likeness (QED) is 0.124.